The van der Waals surface area contributed by atoms with E-state index < -0.39 is 5.97 Å². The molecule has 0 spiro atoms. The number of benzene rings is 3. The highest BCUT2D eigenvalue weighted by atomic mass is 35.5. The van der Waals surface area contributed by atoms with E-state index in [2.05, 4.69) is 17.5 Å². The van der Waals surface area contributed by atoms with Gasteiger partial charge in [-0.15, -0.1) is 11.3 Å². The fraction of sp³-hybridized carbons (Fsp3) is 0.148. The van der Waals surface area contributed by atoms with Gasteiger partial charge in [0.2, 0.25) is 0 Å². The second-order valence-corrected chi connectivity index (χ2v) is 9.06. The van der Waals surface area contributed by atoms with Gasteiger partial charge in [-0.25, -0.2) is 10.2 Å². The van der Waals surface area contributed by atoms with Gasteiger partial charge < -0.3 is 9.47 Å². The van der Waals surface area contributed by atoms with Gasteiger partial charge in [-0.05, 0) is 66.6 Å². The van der Waals surface area contributed by atoms with Crippen LogP contribution in [0.1, 0.15) is 45.4 Å². The van der Waals surface area contributed by atoms with Crippen molar-refractivity contribution < 1.29 is 19.1 Å². The van der Waals surface area contributed by atoms with E-state index in [0.29, 0.717) is 27.8 Å². The number of carbonyl (C=O) groups is 2. The molecule has 8 heteroatoms. The Hall–Kier alpha value is -3.68. The largest absolute Gasteiger partial charge is 0.494 e. The van der Waals surface area contributed by atoms with Crippen LogP contribution >= 0.6 is 22.9 Å². The Morgan fingerprint density at radius 3 is 2.43 bits per heavy atom. The molecule has 1 aromatic heterocycles. The van der Waals surface area contributed by atoms with Gasteiger partial charge in [-0.3, -0.25) is 4.79 Å². The maximum Gasteiger partial charge on any atom is 0.355 e. The number of thiophene rings is 1. The van der Waals surface area contributed by atoms with Gasteiger partial charge in [0.15, 0.2) is 0 Å². The molecule has 178 valence electrons. The Labute approximate surface area is 212 Å². The molecule has 0 saturated heterocycles. The molecule has 6 nitrogen and oxygen atoms in total. The summed E-state index contributed by atoms with van der Waals surface area (Å²) in [5.41, 5.74) is 3.70. The zero-order valence-electron chi connectivity index (χ0n) is 19.0. The molecule has 3 aromatic carbocycles. The number of fused-ring (bicyclic) bond motifs is 1. The van der Waals surface area contributed by atoms with Gasteiger partial charge in [-0.2, -0.15) is 5.10 Å². The number of unbranched alkanes of at least 4 members (excludes halogenated alkanes) is 1. The van der Waals surface area contributed by atoms with Crippen molar-refractivity contribution in [3.05, 3.63) is 93.8 Å². The molecule has 1 amide bonds. The van der Waals surface area contributed by atoms with Crippen molar-refractivity contribution in [2.45, 2.75) is 19.8 Å². The van der Waals surface area contributed by atoms with Crippen LogP contribution in [-0.2, 0) is 0 Å². The third kappa shape index (κ3) is 6.26. The molecule has 4 aromatic rings. The number of nitrogens with zero attached hydrogens (tertiary/aromatic N) is 1. The molecular formula is C27H23ClN2O4S. The molecule has 0 fully saturated rings. The number of nitrogens with one attached hydrogen (secondary N) is 1. The molecular weight excluding hydrogens is 484 g/mol. The number of rotatable bonds is 9. The van der Waals surface area contributed by atoms with E-state index in [1.54, 1.807) is 48.5 Å². The molecule has 4 rings (SSSR count). The van der Waals surface area contributed by atoms with E-state index in [1.807, 2.05) is 24.3 Å². The number of hydrazone groups is 1. The molecule has 35 heavy (non-hydrogen) atoms. The Kier molecular flexibility index (Phi) is 8.13. The van der Waals surface area contributed by atoms with Crippen molar-refractivity contribution in [3.63, 3.8) is 0 Å². The number of hydrogen-bond donors (Lipinski definition) is 1. The summed E-state index contributed by atoms with van der Waals surface area (Å²) in [6.07, 6.45) is 3.56. The summed E-state index contributed by atoms with van der Waals surface area (Å²) in [4.78, 5) is 25.2. The van der Waals surface area contributed by atoms with Gasteiger partial charge >= 0.3 is 5.97 Å². The van der Waals surface area contributed by atoms with Crippen LogP contribution in [0.25, 0.3) is 10.1 Å². The first-order chi connectivity index (χ1) is 17.0. The van der Waals surface area contributed by atoms with Crippen molar-refractivity contribution >= 4 is 51.1 Å². The van der Waals surface area contributed by atoms with Crippen LogP contribution in [0.4, 0.5) is 0 Å². The number of carbonyl (C=O) groups excluding carboxylic acids is 2. The third-order valence-corrected chi connectivity index (χ3v) is 6.73. The van der Waals surface area contributed by atoms with E-state index in [0.717, 1.165) is 34.2 Å². The maximum absolute atomic E-state index is 12.6. The van der Waals surface area contributed by atoms with Crippen LogP contribution in [0.3, 0.4) is 0 Å². The number of esters is 1. The average molecular weight is 507 g/mol. The summed E-state index contributed by atoms with van der Waals surface area (Å²) in [6.45, 7) is 2.76. The smallest absolute Gasteiger partial charge is 0.355 e. The Balaban J connectivity index is 1.30. The lowest BCUT2D eigenvalue weighted by atomic mass is 10.2. The highest BCUT2D eigenvalue weighted by Gasteiger charge is 2.18. The fourth-order valence-corrected chi connectivity index (χ4v) is 4.57. The number of halogens is 1. The first-order valence-corrected chi connectivity index (χ1v) is 12.3. The summed E-state index contributed by atoms with van der Waals surface area (Å²) >= 11 is 7.65. The number of hydrogen-bond acceptors (Lipinski definition) is 6. The summed E-state index contributed by atoms with van der Waals surface area (Å²) in [5.74, 6) is 0.277. The molecule has 0 unspecified atom stereocenters. The van der Waals surface area contributed by atoms with Crippen LogP contribution in [0, 0.1) is 0 Å². The van der Waals surface area contributed by atoms with Crippen LogP contribution in [0.5, 0.6) is 11.5 Å². The molecule has 0 saturated carbocycles. The van der Waals surface area contributed by atoms with Crippen molar-refractivity contribution in [3.8, 4) is 11.5 Å². The zero-order valence-corrected chi connectivity index (χ0v) is 20.6. The minimum Gasteiger partial charge on any atom is -0.494 e. The molecule has 0 radical (unpaired) electrons. The summed E-state index contributed by atoms with van der Waals surface area (Å²) in [7, 11) is 0. The van der Waals surface area contributed by atoms with Crippen molar-refractivity contribution in [2.24, 2.45) is 5.10 Å². The highest BCUT2D eigenvalue weighted by molar-refractivity contribution is 7.21. The van der Waals surface area contributed by atoms with Crippen LogP contribution in [-0.4, -0.2) is 24.7 Å². The third-order valence-electron chi connectivity index (χ3n) is 5.07. The first-order valence-electron chi connectivity index (χ1n) is 11.1. The van der Waals surface area contributed by atoms with E-state index in [9.17, 15) is 9.59 Å². The Bertz CT molecular complexity index is 1350. The zero-order chi connectivity index (χ0) is 24.6. The molecule has 1 heterocycles. The molecule has 0 aliphatic rings. The predicted molar refractivity (Wildman–Crippen MR) is 140 cm³/mol. The van der Waals surface area contributed by atoms with Gasteiger partial charge in [-0.1, -0.05) is 43.1 Å². The maximum atomic E-state index is 12.6. The molecule has 0 aliphatic carbocycles. The SMILES string of the molecule is CCCCOc1ccc(C(=O)N/N=C/c2ccc(OC(=O)c3sc4ccccc4c3Cl)cc2)cc1. The van der Waals surface area contributed by atoms with Gasteiger partial charge in [0, 0.05) is 15.6 Å². The second kappa shape index (κ2) is 11.6. The standard InChI is InChI=1S/C27H23ClN2O4S/c1-2-3-16-33-20-14-10-19(11-15-20)26(31)30-29-17-18-8-12-21(13-9-18)34-27(32)25-24(28)22-6-4-5-7-23(22)35-25/h4-15,17H,2-3,16H2,1H3,(H,30,31)/b29-17+. The first kappa shape index (κ1) is 24.4. The summed E-state index contributed by atoms with van der Waals surface area (Å²) in [6, 6.07) is 21.2. The van der Waals surface area contributed by atoms with Gasteiger partial charge in [0.05, 0.1) is 17.8 Å². The van der Waals surface area contributed by atoms with E-state index in [-0.39, 0.29) is 5.91 Å². The van der Waals surface area contributed by atoms with Crippen LogP contribution in [0.2, 0.25) is 5.02 Å². The predicted octanol–water partition coefficient (Wildman–Crippen LogP) is 6.72. The minimum atomic E-state index is -0.508. The van der Waals surface area contributed by atoms with Gasteiger partial charge in [0.1, 0.15) is 16.4 Å². The van der Waals surface area contributed by atoms with Crippen molar-refractivity contribution in [1.82, 2.24) is 5.43 Å². The molecule has 0 bridgehead atoms. The van der Waals surface area contributed by atoms with Crippen molar-refractivity contribution in [2.75, 3.05) is 6.61 Å². The van der Waals surface area contributed by atoms with E-state index >= 15 is 0 Å². The topological polar surface area (TPSA) is 77.0 Å². The second-order valence-electron chi connectivity index (χ2n) is 7.63. The van der Waals surface area contributed by atoms with E-state index in [1.165, 1.54) is 17.6 Å². The Morgan fingerprint density at radius 2 is 1.71 bits per heavy atom. The highest BCUT2D eigenvalue weighted by Crippen LogP contribution is 2.35. The van der Waals surface area contributed by atoms with Crippen LogP contribution in [0.15, 0.2) is 77.9 Å². The summed E-state index contributed by atoms with van der Waals surface area (Å²) < 4.78 is 12.0. The minimum absolute atomic E-state index is 0.327. The van der Waals surface area contributed by atoms with Crippen LogP contribution < -0.4 is 14.9 Å². The Morgan fingerprint density at radius 1 is 1.00 bits per heavy atom. The number of ether oxygens (including phenoxy) is 2. The molecule has 1 N–H and O–H groups in total. The lowest BCUT2D eigenvalue weighted by molar-refractivity contribution is 0.0739. The monoisotopic (exact) mass is 506 g/mol. The molecule has 0 aliphatic heterocycles. The summed E-state index contributed by atoms with van der Waals surface area (Å²) in [5, 5.41) is 5.22. The number of amides is 1. The lowest BCUT2D eigenvalue weighted by Crippen LogP contribution is -2.17. The fourth-order valence-electron chi connectivity index (χ4n) is 3.19. The lowest BCUT2D eigenvalue weighted by Gasteiger charge is -2.06. The average Bonchev–Trinajstić information content (AvgIpc) is 3.22. The van der Waals surface area contributed by atoms with E-state index in [4.69, 9.17) is 21.1 Å². The van der Waals surface area contributed by atoms with Crippen molar-refractivity contribution in [1.29, 1.82) is 0 Å². The quantitative estimate of drug-likeness (QED) is 0.0898. The van der Waals surface area contributed by atoms with Gasteiger partial charge in [0.25, 0.3) is 5.91 Å². The molecule has 0 atom stereocenters. The normalized spacial score (nSPS) is 11.0.